The zero-order valence-corrected chi connectivity index (χ0v) is 9.96. The highest BCUT2D eigenvalue weighted by Gasteiger charge is 2.31. The predicted molar refractivity (Wildman–Crippen MR) is 61.2 cm³/mol. The number of aromatic nitrogens is 1. The van der Waals surface area contributed by atoms with Crippen molar-refractivity contribution in [3.05, 3.63) is 35.5 Å². The average Bonchev–Trinajstić information content (AvgIpc) is 2.75. The zero-order chi connectivity index (χ0) is 14.0. The van der Waals surface area contributed by atoms with Crippen LogP contribution in [0.3, 0.4) is 0 Å². The fraction of sp³-hybridized carbons (Fsp3) is 0.0909. The van der Waals surface area contributed by atoms with Crippen molar-refractivity contribution in [2.45, 2.75) is 6.36 Å². The lowest BCUT2D eigenvalue weighted by Gasteiger charge is -2.09. The van der Waals surface area contributed by atoms with E-state index in [4.69, 9.17) is 5.11 Å². The molecule has 0 spiro atoms. The molecule has 19 heavy (non-hydrogen) atoms. The Morgan fingerprint density at radius 3 is 2.74 bits per heavy atom. The van der Waals surface area contributed by atoms with Gasteiger partial charge >= 0.3 is 12.3 Å². The highest BCUT2D eigenvalue weighted by Crippen LogP contribution is 2.32. The molecule has 0 aliphatic rings. The Morgan fingerprint density at radius 2 is 2.11 bits per heavy atom. The third-order valence-corrected chi connectivity index (χ3v) is 2.98. The van der Waals surface area contributed by atoms with Gasteiger partial charge in [0.2, 0.25) is 0 Å². The van der Waals surface area contributed by atoms with E-state index >= 15 is 0 Å². The van der Waals surface area contributed by atoms with Crippen LogP contribution in [0.15, 0.2) is 29.8 Å². The molecule has 1 heterocycles. The van der Waals surface area contributed by atoms with E-state index in [9.17, 15) is 18.0 Å². The van der Waals surface area contributed by atoms with Gasteiger partial charge in [0.05, 0.1) is 10.4 Å². The van der Waals surface area contributed by atoms with Crippen LogP contribution in [0.2, 0.25) is 0 Å². The summed E-state index contributed by atoms with van der Waals surface area (Å²) in [6.07, 6.45) is -4.79. The van der Waals surface area contributed by atoms with Gasteiger partial charge in [-0.3, -0.25) is 0 Å². The summed E-state index contributed by atoms with van der Waals surface area (Å²) in [5, 5.41) is 8.90. The second kappa shape index (κ2) is 4.88. The smallest absolute Gasteiger partial charge is 0.476 e. The highest BCUT2D eigenvalue weighted by molar-refractivity contribution is 7.13. The van der Waals surface area contributed by atoms with Crippen molar-refractivity contribution in [1.82, 2.24) is 4.98 Å². The molecule has 0 radical (unpaired) electrons. The topological polar surface area (TPSA) is 59.4 Å². The van der Waals surface area contributed by atoms with E-state index in [0.29, 0.717) is 5.56 Å². The van der Waals surface area contributed by atoms with Crippen molar-refractivity contribution in [1.29, 1.82) is 0 Å². The molecule has 1 aromatic carbocycles. The summed E-state index contributed by atoms with van der Waals surface area (Å²) < 4.78 is 40.1. The minimum absolute atomic E-state index is 0.200. The molecule has 0 atom stereocenters. The first-order chi connectivity index (χ1) is 8.87. The molecule has 0 aliphatic heterocycles. The molecule has 0 fully saturated rings. The lowest BCUT2D eigenvalue weighted by molar-refractivity contribution is -0.274. The normalized spacial score (nSPS) is 11.3. The molecule has 100 valence electrons. The standard InChI is InChI=1S/C11H6F3NO3S/c12-11(13,14)18-7-3-1-2-6(4-7)9-8(10(16)17)15-5-19-9/h1-5H,(H,16,17). The number of rotatable bonds is 3. The maximum Gasteiger partial charge on any atom is 0.573 e. The molecular weight excluding hydrogens is 283 g/mol. The van der Waals surface area contributed by atoms with Crippen LogP contribution in [-0.2, 0) is 0 Å². The quantitative estimate of drug-likeness (QED) is 0.940. The summed E-state index contributed by atoms with van der Waals surface area (Å²) in [6.45, 7) is 0. The molecule has 0 saturated carbocycles. The van der Waals surface area contributed by atoms with Gasteiger partial charge < -0.3 is 9.84 Å². The Hall–Kier alpha value is -2.09. The molecule has 0 aliphatic carbocycles. The number of alkyl halides is 3. The second-order valence-electron chi connectivity index (χ2n) is 3.41. The zero-order valence-electron chi connectivity index (χ0n) is 9.14. The van der Waals surface area contributed by atoms with Gasteiger partial charge in [-0.05, 0) is 17.7 Å². The van der Waals surface area contributed by atoms with E-state index in [1.165, 1.54) is 17.6 Å². The van der Waals surface area contributed by atoms with Crippen molar-refractivity contribution >= 4 is 17.3 Å². The van der Waals surface area contributed by atoms with Gasteiger partial charge in [0, 0.05) is 0 Å². The third kappa shape index (κ3) is 3.22. The number of hydrogen-bond donors (Lipinski definition) is 1. The molecule has 0 unspecified atom stereocenters. The van der Waals surface area contributed by atoms with E-state index in [-0.39, 0.29) is 10.6 Å². The van der Waals surface area contributed by atoms with E-state index < -0.39 is 18.1 Å². The molecule has 1 aromatic heterocycles. The molecular formula is C11H6F3NO3S. The monoisotopic (exact) mass is 289 g/mol. The first-order valence-electron chi connectivity index (χ1n) is 4.90. The van der Waals surface area contributed by atoms with E-state index in [2.05, 4.69) is 9.72 Å². The number of halogens is 3. The first kappa shape index (κ1) is 13.3. The maximum absolute atomic E-state index is 12.1. The molecule has 0 bridgehead atoms. The van der Waals surface area contributed by atoms with E-state index in [0.717, 1.165) is 23.5 Å². The SMILES string of the molecule is O=C(O)c1ncsc1-c1cccc(OC(F)(F)F)c1. The molecule has 2 rings (SSSR count). The molecule has 0 amide bonds. The van der Waals surface area contributed by atoms with Gasteiger partial charge in [-0.1, -0.05) is 12.1 Å². The van der Waals surface area contributed by atoms with Crippen molar-refractivity contribution in [3.63, 3.8) is 0 Å². The van der Waals surface area contributed by atoms with Crippen LogP contribution in [0.1, 0.15) is 10.5 Å². The van der Waals surface area contributed by atoms with Crippen LogP contribution < -0.4 is 4.74 Å². The van der Waals surface area contributed by atoms with E-state index in [1.807, 2.05) is 0 Å². The fourth-order valence-corrected chi connectivity index (χ4v) is 2.22. The highest BCUT2D eigenvalue weighted by atomic mass is 32.1. The molecule has 8 heteroatoms. The predicted octanol–water partition coefficient (Wildman–Crippen LogP) is 3.41. The summed E-state index contributed by atoms with van der Waals surface area (Å²) >= 11 is 1.03. The van der Waals surface area contributed by atoms with Crippen LogP contribution in [-0.4, -0.2) is 22.4 Å². The number of carboxylic acid groups (broad SMARTS) is 1. The van der Waals surface area contributed by atoms with Crippen LogP contribution in [0, 0.1) is 0 Å². The minimum atomic E-state index is -4.79. The van der Waals surface area contributed by atoms with Crippen molar-refractivity contribution in [2.75, 3.05) is 0 Å². The van der Waals surface area contributed by atoms with Gasteiger partial charge in [-0.25, -0.2) is 9.78 Å². The van der Waals surface area contributed by atoms with Crippen molar-refractivity contribution in [2.24, 2.45) is 0 Å². The van der Waals surface area contributed by atoms with Gasteiger partial charge in [0.1, 0.15) is 5.75 Å². The lowest BCUT2D eigenvalue weighted by Crippen LogP contribution is -2.17. The summed E-state index contributed by atoms with van der Waals surface area (Å²) in [5.41, 5.74) is 1.42. The Bertz CT molecular complexity index is 609. The van der Waals surface area contributed by atoms with Gasteiger partial charge in [-0.2, -0.15) is 0 Å². The first-order valence-corrected chi connectivity index (χ1v) is 5.78. The van der Waals surface area contributed by atoms with Gasteiger partial charge in [0.25, 0.3) is 0 Å². The number of carbonyl (C=O) groups is 1. The fourth-order valence-electron chi connectivity index (χ4n) is 1.44. The average molecular weight is 289 g/mol. The van der Waals surface area contributed by atoms with Crippen molar-refractivity contribution in [3.8, 4) is 16.2 Å². The third-order valence-electron chi connectivity index (χ3n) is 2.10. The molecule has 1 N–H and O–H groups in total. The maximum atomic E-state index is 12.1. The van der Waals surface area contributed by atoms with Crippen LogP contribution in [0.5, 0.6) is 5.75 Å². The Labute approximate surface area is 109 Å². The van der Waals surface area contributed by atoms with Crippen LogP contribution in [0.25, 0.3) is 10.4 Å². The Kier molecular flexibility index (Phi) is 3.43. The van der Waals surface area contributed by atoms with Gasteiger partial charge in [0.15, 0.2) is 5.69 Å². The summed E-state index contributed by atoms with van der Waals surface area (Å²) in [7, 11) is 0. The lowest BCUT2D eigenvalue weighted by atomic mass is 10.1. The van der Waals surface area contributed by atoms with Crippen molar-refractivity contribution < 1.29 is 27.8 Å². The molecule has 2 aromatic rings. The van der Waals surface area contributed by atoms with E-state index in [1.54, 1.807) is 0 Å². The number of carboxylic acids is 1. The second-order valence-corrected chi connectivity index (χ2v) is 4.27. The number of ether oxygens (including phenoxy) is 1. The summed E-state index contributed by atoms with van der Waals surface area (Å²) in [6, 6.07) is 5.09. The number of aromatic carboxylic acids is 1. The van der Waals surface area contributed by atoms with Crippen LogP contribution in [0.4, 0.5) is 13.2 Å². The number of hydrogen-bond acceptors (Lipinski definition) is 4. The minimum Gasteiger partial charge on any atom is -0.476 e. The summed E-state index contributed by atoms with van der Waals surface area (Å²) in [4.78, 5) is 14.8. The Balaban J connectivity index is 2.38. The largest absolute Gasteiger partial charge is 0.573 e. The number of benzene rings is 1. The van der Waals surface area contributed by atoms with Gasteiger partial charge in [-0.15, -0.1) is 24.5 Å². The number of nitrogens with zero attached hydrogens (tertiary/aromatic N) is 1. The molecule has 4 nitrogen and oxygen atoms in total. The van der Waals surface area contributed by atoms with Crippen LogP contribution >= 0.6 is 11.3 Å². The molecule has 0 saturated heterocycles. The Morgan fingerprint density at radius 1 is 1.37 bits per heavy atom. The summed E-state index contributed by atoms with van der Waals surface area (Å²) in [5.74, 6) is -1.65. The number of thiazole rings is 1.